The van der Waals surface area contributed by atoms with Crippen LogP contribution < -0.4 is 5.73 Å². The average Bonchev–Trinajstić information content (AvgIpc) is 1.82. The third kappa shape index (κ3) is 5.03. The molecule has 0 amide bonds. The first-order valence-electron chi connectivity index (χ1n) is 3.10. The molecule has 0 saturated heterocycles. The standard InChI is InChI=1S/C7H13N3/c1-6(2)10-7(3)9-5-4-8/h4-5H,8H2,1-3H3. The molecule has 0 rings (SSSR count). The number of aliphatic imine (C=N–C) groups is 2. The SMILES string of the molecule is CC(C)=NC(C)=NC=CN. The van der Waals surface area contributed by atoms with Gasteiger partial charge in [0.25, 0.3) is 0 Å². The highest BCUT2D eigenvalue weighted by molar-refractivity contribution is 5.94. The maximum absolute atomic E-state index is 5.07. The fourth-order valence-corrected chi connectivity index (χ4v) is 0.503. The van der Waals surface area contributed by atoms with E-state index in [2.05, 4.69) is 9.98 Å². The zero-order valence-corrected chi connectivity index (χ0v) is 6.63. The van der Waals surface area contributed by atoms with Crippen LogP contribution in [-0.4, -0.2) is 11.5 Å². The van der Waals surface area contributed by atoms with Crippen molar-refractivity contribution in [1.82, 2.24) is 0 Å². The van der Waals surface area contributed by atoms with Crippen LogP contribution in [0.1, 0.15) is 20.8 Å². The van der Waals surface area contributed by atoms with Crippen molar-refractivity contribution >= 4 is 11.5 Å². The van der Waals surface area contributed by atoms with Crippen LogP contribution in [0.15, 0.2) is 22.4 Å². The van der Waals surface area contributed by atoms with E-state index in [4.69, 9.17) is 5.73 Å². The Morgan fingerprint density at radius 2 is 1.90 bits per heavy atom. The van der Waals surface area contributed by atoms with Gasteiger partial charge in [-0.25, -0.2) is 9.98 Å². The summed E-state index contributed by atoms with van der Waals surface area (Å²) in [5.74, 6) is 0.724. The predicted octanol–water partition coefficient (Wildman–Crippen LogP) is 1.32. The molecule has 0 aromatic carbocycles. The zero-order chi connectivity index (χ0) is 7.98. The molecule has 0 spiro atoms. The van der Waals surface area contributed by atoms with Crippen LogP contribution in [0.5, 0.6) is 0 Å². The van der Waals surface area contributed by atoms with Gasteiger partial charge in [-0.15, -0.1) is 0 Å². The topological polar surface area (TPSA) is 50.7 Å². The highest BCUT2D eigenvalue weighted by Crippen LogP contribution is 1.83. The Bertz CT molecular complexity index is 173. The van der Waals surface area contributed by atoms with E-state index >= 15 is 0 Å². The first-order chi connectivity index (χ1) is 4.66. The van der Waals surface area contributed by atoms with Crippen molar-refractivity contribution in [3.05, 3.63) is 12.4 Å². The molecular formula is C7H13N3. The fraction of sp³-hybridized carbons (Fsp3) is 0.429. The molecule has 56 valence electrons. The summed E-state index contributed by atoms with van der Waals surface area (Å²) in [6, 6.07) is 0. The molecule has 0 aliphatic carbocycles. The molecule has 0 aromatic heterocycles. The zero-order valence-electron chi connectivity index (χ0n) is 6.63. The second-order valence-corrected chi connectivity index (χ2v) is 2.08. The molecule has 3 nitrogen and oxygen atoms in total. The predicted molar refractivity (Wildman–Crippen MR) is 45.2 cm³/mol. The van der Waals surface area contributed by atoms with Gasteiger partial charge < -0.3 is 5.73 Å². The molecule has 0 fully saturated rings. The molecule has 0 aliphatic heterocycles. The lowest BCUT2D eigenvalue weighted by molar-refractivity contribution is 1.41. The number of rotatable bonds is 1. The monoisotopic (exact) mass is 139 g/mol. The quantitative estimate of drug-likeness (QED) is 0.432. The van der Waals surface area contributed by atoms with E-state index in [-0.39, 0.29) is 0 Å². The maximum Gasteiger partial charge on any atom is 0.125 e. The van der Waals surface area contributed by atoms with Gasteiger partial charge in [-0.05, 0) is 20.8 Å². The van der Waals surface area contributed by atoms with Gasteiger partial charge in [0.1, 0.15) is 5.84 Å². The number of nitrogens with zero attached hydrogens (tertiary/aromatic N) is 2. The molecule has 0 radical (unpaired) electrons. The van der Waals surface area contributed by atoms with Crippen LogP contribution in [0, 0.1) is 0 Å². The van der Waals surface area contributed by atoms with Gasteiger partial charge in [-0.2, -0.15) is 0 Å². The molecule has 0 saturated carbocycles. The first kappa shape index (κ1) is 8.88. The van der Waals surface area contributed by atoms with Crippen molar-refractivity contribution in [2.24, 2.45) is 15.7 Å². The Morgan fingerprint density at radius 3 is 2.30 bits per heavy atom. The van der Waals surface area contributed by atoms with E-state index in [1.807, 2.05) is 20.8 Å². The average molecular weight is 139 g/mol. The highest BCUT2D eigenvalue weighted by Gasteiger charge is 1.81. The van der Waals surface area contributed by atoms with Crippen molar-refractivity contribution in [1.29, 1.82) is 0 Å². The molecule has 0 unspecified atom stereocenters. The minimum absolute atomic E-state index is 0.724. The van der Waals surface area contributed by atoms with E-state index in [0.29, 0.717) is 0 Å². The van der Waals surface area contributed by atoms with Crippen molar-refractivity contribution in [2.45, 2.75) is 20.8 Å². The van der Waals surface area contributed by atoms with Crippen LogP contribution in [0.4, 0.5) is 0 Å². The van der Waals surface area contributed by atoms with Crippen LogP contribution in [-0.2, 0) is 0 Å². The lowest BCUT2D eigenvalue weighted by atomic mass is 10.5. The van der Waals surface area contributed by atoms with Crippen LogP contribution >= 0.6 is 0 Å². The molecule has 3 heteroatoms. The Hall–Kier alpha value is -1.12. The molecule has 0 aliphatic rings. The van der Waals surface area contributed by atoms with Crippen molar-refractivity contribution in [2.75, 3.05) is 0 Å². The molecule has 10 heavy (non-hydrogen) atoms. The van der Waals surface area contributed by atoms with Crippen molar-refractivity contribution < 1.29 is 0 Å². The lowest BCUT2D eigenvalue weighted by Gasteiger charge is -1.88. The number of nitrogens with two attached hydrogens (primary N) is 1. The Balaban J connectivity index is 4.08. The Kier molecular flexibility index (Phi) is 4.20. The van der Waals surface area contributed by atoms with E-state index in [9.17, 15) is 0 Å². The molecule has 0 heterocycles. The van der Waals surface area contributed by atoms with Crippen LogP contribution in [0.3, 0.4) is 0 Å². The minimum Gasteiger partial charge on any atom is -0.403 e. The summed E-state index contributed by atoms with van der Waals surface area (Å²) in [5.41, 5.74) is 6.06. The van der Waals surface area contributed by atoms with Crippen molar-refractivity contribution in [3.8, 4) is 0 Å². The third-order valence-corrected chi connectivity index (χ3v) is 0.733. The summed E-state index contributed by atoms with van der Waals surface area (Å²) in [5, 5.41) is 0. The summed E-state index contributed by atoms with van der Waals surface area (Å²) in [6.45, 7) is 5.67. The third-order valence-electron chi connectivity index (χ3n) is 0.733. The van der Waals surface area contributed by atoms with Gasteiger partial charge in [-0.1, -0.05) is 0 Å². The molecular weight excluding hydrogens is 126 g/mol. The van der Waals surface area contributed by atoms with E-state index in [0.717, 1.165) is 11.5 Å². The van der Waals surface area contributed by atoms with Gasteiger partial charge >= 0.3 is 0 Å². The molecule has 0 atom stereocenters. The van der Waals surface area contributed by atoms with Gasteiger partial charge in [0.2, 0.25) is 0 Å². The summed E-state index contributed by atoms with van der Waals surface area (Å²) in [6.07, 6.45) is 2.89. The van der Waals surface area contributed by atoms with Crippen molar-refractivity contribution in [3.63, 3.8) is 0 Å². The summed E-state index contributed by atoms with van der Waals surface area (Å²) < 4.78 is 0. The van der Waals surface area contributed by atoms with E-state index in [1.54, 1.807) is 0 Å². The summed E-state index contributed by atoms with van der Waals surface area (Å²) in [4.78, 5) is 7.98. The van der Waals surface area contributed by atoms with Gasteiger partial charge in [0.15, 0.2) is 0 Å². The Morgan fingerprint density at radius 1 is 1.30 bits per heavy atom. The number of amidine groups is 1. The van der Waals surface area contributed by atoms with Gasteiger partial charge in [0.05, 0.1) is 0 Å². The summed E-state index contributed by atoms with van der Waals surface area (Å²) >= 11 is 0. The maximum atomic E-state index is 5.07. The number of hydrogen-bond donors (Lipinski definition) is 1. The first-order valence-corrected chi connectivity index (χ1v) is 3.10. The van der Waals surface area contributed by atoms with Crippen LogP contribution in [0.2, 0.25) is 0 Å². The molecule has 0 bridgehead atoms. The van der Waals surface area contributed by atoms with Gasteiger partial charge in [0, 0.05) is 18.1 Å². The molecule has 0 aromatic rings. The normalized spacial score (nSPS) is 12.1. The number of hydrogen-bond acceptors (Lipinski definition) is 2. The minimum atomic E-state index is 0.724. The second-order valence-electron chi connectivity index (χ2n) is 2.08. The fourth-order valence-electron chi connectivity index (χ4n) is 0.503. The van der Waals surface area contributed by atoms with Crippen LogP contribution in [0.25, 0.3) is 0 Å². The summed E-state index contributed by atoms with van der Waals surface area (Å²) in [7, 11) is 0. The lowest BCUT2D eigenvalue weighted by Crippen LogP contribution is -1.89. The Labute approximate surface area is 61.4 Å². The van der Waals surface area contributed by atoms with E-state index in [1.165, 1.54) is 12.4 Å². The second kappa shape index (κ2) is 4.73. The van der Waals surface area contributed by atoms with Gasteiger partial charge in [-0.3, -0.25) is 0 Å². The van der Waals surface area contributed by atoms with E-state index < -0.39 is 0 Å². The molecule has 2 N–H and O–H groups in total. The smallest absolute Gasteiger partial charge is 0.125 e. The highest BCUT2D eigenvalue weighted by atomic mass is 14.9. The largest absolute Gasteiger partial charge is 0.403 e.